The van der Waals surface area contributed by atoms with Gasteiger partial charge in [0, 0.05) is 5.02 Å². The van der Waals surface area contributed by atoms with Gasteiger partial charge in [-0.25, -0.2) is 4.39 Å². The molecule has 0 spiro atoms. The Morgan fingerprint density at radius 1 is 1.24 bits per heavy atom. The first-order valence-corrected chi connectivity index (χ1v) is 7.95. The van der Waals surface area contributed by atoms with E-state index in [-0.39, 0.29) is 17.6 Å². The molecule has 0 saturated carbocycles. The lowest BCUT2D eigenvalue weighted by atomic mass is 10.1. The first kappa shape index (κ1) is 16.2. The van der Waals surface area contributed by atoms with Crippen LogP contribution in [-0.4, -0.2) is 29.9 Å². The van der Waals surface area contributed by atoms with E-state index in [1.165, 1.54) is 31.4 Å². The largest absolute Gasteiger partial charge is 0.322 e. The number of hydrogen-bond acceptors (Lipinski definition) is 2. The van der Waals surface area contributed by atoms with Gasteiger partial charge in [0.05, 0.1) is 11.7 Å². The summed E-state index contributed by atoms with van der Waals surface area (Å²) in [5.74, 6) is -0.674. The molecule has 116 valence electrons. The zero-order chi connectivity index (χ0) is 15.2. The molecule has 1 fully saturated rings. The molecule has 0 aromatic heterocycles. The average Bonchev–Trinajstić information content (AvgIpc) is 2.41. The van der Waals surface area contributed by atoms with Crippen LogP contribution in [0.4, 0.5) is 10.1 Å². The third-order valence-corrected chi connectivity index (χ3v) is 4.24. The number of hydrogen-bond donors (Lipinski definition) is 1. The van der Waals surface area contributed by atoms with Crippen molar-refractivity contribution in [3.05, 3.63) is 29.0 Å². The van der Waals surface area contributed by atoms with Crippen molar-refractivity contribution in [1.29, 1.82) is 0 Å². The minimum Gasteiger partial charge on any atom is -0.322 e. The number of carbonyl (C=O) groups excluding carboxylic acids is 1. The second-order valence-corrected chi connectivity index (χ2v) is 6.03. The summed E-state index contributed by atoms with van der Waals surface area (Å²) in [7, 11) is 0. The Kier molecular flexibility index (Phi) is 6.00. The number of nitrogens with zero attached hydrogens (tertiary/aromatic N) is 1. The van der Waals surface area contributed by atoms with Crippen LogP contribution in [0.15, 0.2) is 18.2 Å². The van der Waals surface area contributed by atoms with Gasteiger partial charge in [-0.2, -0.15) is 0 Å². The molecule has 1 atom stereocenters. The van der Waals surface area contributed by atoms with E-state index < -0.39 is 5.82 Å². The second kappa shape index (κ2) is 7.76. The van der Waals surface area contributed by atoms with E-state index in [1.807, 2.05) is 6.92 Å². The van der Waals surface area contributed by atoms with Crippen molar-refractivity contribution >= 4 is 23.2 Å². The fraction of sp³-hybridized carbons (Fsp3) is 0.562. The predicted octanol–water partition coefficient (Wildman–Crippen LogP) is 4.07. The van der Waals surface area contributed by atoms with Gasteiger partial charge in [-0.15, -0.1) is 0 Å². The van der Waals surface area contributed by atoms with E-state index in [0.29, 0.717) is 5.02 Å². The van der Waals surface area contributed by atoms with Crippen molar-refractivity contribution in [3.8, 4) is 0 Å². The van der Waals surface area contributed by atoms with Gasteiger partial charge in [0.2, 0.25) is 5.91 Å². The van der Waals surface area contributed by atoms with E-state index in [2.05, 4.69) is 10.2 Å². The van der Waals surface area contributed by atoms with Crippen molar-refractivity contribution in [3.63, 3.8) is 0 Å². The van der Waals surface area contributed by atoms with Crippen molar-refractivity contribution in [1.82, 2.24) is 4.90 Å². The number of amides is 1. The number of benzene rings is 1. The normalized spacial score (nSPS) is 18.6. The lowest BCUT2D eigenvalue weighted by molar-refractivity contribution is -0.120. The summed E-state index contributed by atoms with van der Waals surface area (Å²) in [6.07, 6.45) is 5.96. The summed E-state index contributed by atoms with van der Waals surface area (Å²) < 4.78 is 13.7. The van der Waals surface area contributed by atoms with Crippen molar-refractivity contribution in [2.75, 3.05) is 18.4 Å². The number of anilines is 1. The molecule has 0 aliphatic carbocycles. The van der Waals surface area contributed by atoms with Gasteiger partial charge in [-0.3, -0.25) is 9.69 Å². The molecule has 0 unspecified atom stereocenters. The number of halogens is 2. The smallest absolute Gasteiger partial charge is 0.241 e. The summed E-state index contributed by atoms with van der Waals surface area (Å²) in [5, 5.41) is 2.98. The minimum absolute atomic E-state index is 0.170. The Bertz CT molecular complexity index is 487. The standard InChI is InChI=1S/C16H22ClFN2O/c1-12(20-9-5-3-2-4-6-10-20)16(21)19-15-8-7-13(17)11-14(15)18/h7-8,11-12H,2-6,9-10H2,1H3,(H,19,21)/t12-/m0/s1. The van der Waals surface area contributed by atoms with Crippen molar-refractivity contribution in [2.45, 2.75) is 45.1 Å². The maximum Gasteiger partial charge on any atom is 0.241 e. The van der Waals surface area contributed by atoms with E-state index in [1.54, 1.807) is 6.07 Å². The van der Waals surface area contributed by atoms with Crippen LogP contribution in [0.3, 0.4) is 0 Å². The summed E-state index contributed by atoms with van der Waals surface area (Å²) in [6, 6.07) is 4.02. The lowest BCUT2D eigenvalue weighted by Crippen LogP contribution is -2.43. The second-order valence-electron chi connectivity index (χ2n) is 5.59. The third kappa shape index (κ3) is 4.68. The molecule has 0 radical (unpaired) electrons. The number of carbonyl (C=O) groups is 1. The first-order valence-electron chi connectivity index (χ1n) is 7.58. The van der Waals surface area contributed by atoms with Crippen LogP contribution < -0.4 is 5.32 Å². The van der Waals surface area contributed by atoms with Crippen LogP contribution in [-0.2, 0) is 4.79 Å². The zero-order valence-electron chi connectivity index (χ0n) is 12.4. The van der Waals surface area contributed by atoms with E-state index in [9.17, 15) is 9.18 Å². The highest BCUT2D eigenvalue weighted by Crippen LogP contribution is 2.20. The summed E-state index contributed by atoms with van der Waals surface area (Å²) >= 11 is 5.71. The molecule has 1 saturated heterocycles. The van der Waals surface area contributed by atoms with Crippen LogP contribution in [0, 0.1) is 5.82 Å². The maximum atomic E-state index is 13.7. The molecule has 3 nitrogen and oxygen atoms in total. The molecule has 1 aromatic carbocycles. The quantitative estimate of drug-likeness (QED) is 0.912. The van der Waals surface area contributed by atoms with Gasteiger partial charge in [0.25, 0.3) is 0 Å². The molecular weight excluding hydrogens is 291 g/mol. The van der Waals surface area contributed by atoms with Gasteiger partial charge >= 0.3 is 0 Å². The molecule has 1 amide bonds. The monoisotopic (exact) mass is 312 g/mol. The SMILES string of the molecule is C[C@@H](C(=O)Nc1ccc(Cl)cc1F)N1CCCCCCC1. The molecule has 0 bridgehead atoms. The van der Waals surface area contributed by atoms with Gasteiger partial charge in [0.1, 0.15) is 5.82 Å². The third-order valence-electron chi connectivity index (χ3n) is 4.01. The molecule has 1 aromatic rings. The molecule has 21 heavy (non-hydrogen) atoms. The highest BCUT2D eigenvalue weighted by Gasteiger charge is 2.22. The predicted molar refractivity (Wildman–Crippen MR) is 84.2 cm³/mol. The molecule has 1 N–H and O–H groups in total. The number of nitrogens with one attached hydrogen (secondary N) is 1. The molecule has 2 rings (SSSR count). The van der Waals surface area contributed by atoms with Crippen LogP contribution in [0.5, 0.6) is 0 Å². The Labute approximate surface area is 130 Å². The van der Waals surface area contributed by atoms with Crippen LogP contribution in [0.1, 0.15) is 39.0 Å². The van der Waals surface area contributed by atoms with Gasteiger partial charge < -0.3 is 5.32 Å². The average molecular weight is 313 g/mol. The Hall–Kier alpha value is -1.13. The number of rotatable bonds is 3. The van der Waals surface area contributed by atoms with E-state index in [4.69, 9.17) is 11.6 Å². The van der Waals surface area contributed by atoms with Crippen LogP contribution in [0.2, 0.25) is 5.02 Å². The van der Waals surface area contributed by atoms with E-state index in [0.717, 1.165) is 25.9 Å². The summed E-state index contributed by atoms with van der Waals surface area (Å²) in [4.78, 5) is 14.5. The molecular formula is C16H22ClFN2O. The first-order chi connectivity index (χ1) is 10.1. The van der Waals surface area contributed by atoms with E-state index >= 15 is 0 Å². The van der Waals surface area contributed by atoms with Gasteiger partial charge in [0.15, 0.2) is 0 Å². The summed E-state index contributed by atoms with van der Waals surface area (Å²) in [6.45, 7) is 3.74. The van der Waals surface area contributed by atoms with Crippen LogP contribution >= 0.6 is 11.6 Å². The highest BCUT2D eigenvalue weighted by atomic mass is 35.5. The summed E-state index contributed by atoms with van der Waals surface area (Å²) in [5.41, 5.74) is 0.184. The van der Waals surface area contributed by atoms with Gasteiger partial charge in [-0.05, 0) is 51.1 Å². The highest BCUT2D eigenvalue weighted by molar-refractivity contribution is 6.30. The topological polar surface area (TPSA) is 32.3 Å². The molecule has 1 aliphatic rings. The Morgan fingerprint density at radius 3 is 2.48 bits per heavy atom. The van der Waals surface area contributed by atoms with Gasteiger partial charge in [-0.1, -0.05) is 30.9 Å². The fourth-order valence-electron chi connectivity index (χ4n) is 2.65. The molecule has 1 aliphatic heterocycles. The number of likely N-dealkylation sites (tertiary alicyclic amines) is 1. The Balaban J connectivity index is 1.97. The van der Waals surface area contributed by atoms with Crippen molar-refractivity contribution in [2.24, 2.45) is 0 Å². The van der Waals surface area contributed by atoms with Crippen molar-refractivity contribution < 1.29 is 9.18 Å². The lowest BCUT2D eigenvalue weighted by Gasteiger charge is -2.29. The zero-order valence-corrected chi connectivity index (χ0v) is 13.1. The van der Waals surface area contributed by atoms with Crippen LogP contribution in [0.25, 0.3) is 0 Å². The molecule has 5 heteroatoms. The maximum absolute atomic E-state index is 13.7. The Morgan fingerprint density at radius 2 is 1.86 bits per heavy atom. The fourth-order valence-corrected chi connectivity index (χ4v) is 2.81. The molecule has 1 heterocycles. The minimum atomic E-state index is -0.504.